The maximum absolute atomic E-state index is 11.6. The third-order valence-corrected chi connectivity index (χ3v) is 2.59. The molecule has 0 bridgehead atoms. The number of nitrogens with zero attached hydrogens (tertiary/aromatic N) is 2. The highest BCUT2D eigenvalue weighted by Gasteiger charge is 2.22. The first-order chi connectivity index (χ1) is 7.89. The highest BCUT2D eigenvalue weighted by Crippen LogP contribution is 2.19. The number of nitrogens with one attached hydrogen (secondary N) is 1. The molecule has 1 atom stereocenters. The van der Waals surface area contributed by atoms with Crippen LogP contribution in [0.5, 0.6) is 0 Å². The molecule has 0 aliphatic carbocycles. The summed E-state index contributed by atoms with van der Waals surface area (Å²) in [4.78, 5) is 15.4. The minimum Gasteiger partial charge on any atom is -0.356 e. The van der Waals surface area contributed by atoms with Crippen molar-refractivity contribution in [3.05, 3.63) is 12.2 Å². The van der Waals surface area contributed by atoms with Gasteiger partial charge in [0.15, 0.2) is 6.33 Å². The molecule has 0 aliphatic heterocycles. The Hall–Kier alpha value is -1.43. The summed E-state index contributed by atoms with van der Waals surface area (Å²) in [5, 5.41) is 6.26. The van der Waals surface area contributed by atoms with Crippen molar-refractivity contribution in [3.8, 4) is 0 Å². The molecule has 1 rings (SSSR count). The average Bonchev–Trinajstić information content (AvgIpc) is 2.69. The zero-order chi connectivity index (χ0) is 12.9. The summed E-state index contributed by atoms with van der Waals surface area (Å²) >= 11 is 0. The van der Waals surface area contributed by atoms with Crippen molar-refractivity contribution in [1.29, 1.82) is 0 Å². The number of rotatable bonds is 5. The Balaban J connectivity index is 2.22. The van der Waals surface area contributed by atoms with Gasteiger partial charge < -0.3 is 15.6 Å². The quantitative estimate of drug-likeness (QED) is 0.781. The van der Waals surface area contributed by atoms with E-state index in [1.165, 1.54) is 6.33 Å². The van der Waals surface area contributed by atoms with Gasteiger partial charge in [0.2, 0.25) is 11.8 Å². The average molecular weight is 240 g/mol. The van der Waals surface area contributed by atoms with Crippen LogP contribution in [0.2, 0.25) is 0 Å². The zero-order valence-corrected chi connectivity index (χ0v) is 10.6. The Morgan fingerprint density at radius 1 is 1.59 bits per heavy atom. The lowest BCUT2D eigenvalue weighted by Gasteiger charge is -2.26. The lowest BCUT2D eigenvalue weighted by molar-refractivity contribution is -0.121. The molecule has 1 amide bonds. The fourth-order valence-corrected chi connectivity index (χ4v) is 1.19. The Kier molecular flexibility index (Phi) is 4.62. The molecular formula is C11H20N4O2. The summed E-state index contributed by atoms with van der Waals surface area (Å²) in [6.45, 7) is 6.54. The van der Waals surface area contributed by atoms with E-state index in [1.807, 2.05) is 20.8 Å². The van der Waals surface area contributed by atoms with Crippen molar-refractivity contribution in [3.63, 3.8) is 0 Å². The molecule has 1 unspecified atom stereocenters. The number of hydrogen-bond acceptors (Lipinski definition) is 5. The van der Waals surface area contributed by atoms with Gasteiger partial charge in [-0.05, 0) is 5.41 Å². The monoisotopic (exact) mass is 240 g/mol. The highest BCUT2D eigenvalue weighted by molar-refractivity contribution is 5.76. The summed E-state index contributed by atoms with van der Waals surface area (Å²) in [6.07, 6.45) is 2.20. The molecule has 0 fully saturated rings. The van der Waals surface area contributed by atoms with Gasteiger partial charge in [-0.2, -0.15) is 4.98 Å². The molecule has 0 aliphatic rings. The van der Waals surface area contributed by atoms with Gasteiger partial charge in [-0.25, -0.2) is 0 Å². The topological polar surface area (TPSA) is 94.0 Å². The summed E-state index contributed by atoms with van der Waals surface area (Å²) in [5.41, 5.74) is 5.85. The summed E-state index contributed by atoms with van der Waals surface area (Å²) in [6, 6.07) is -0.147. The molecule has 1 heterocycles. The van der Waals surface area contributed by atoms with E-state index in [0.717, 1.165) is 0 Å². The Morgan fingerprint density at radius 2 is 2.29 bits per heavy atom. The van der Waals surface area contributed by atoms with E-state index in [2.05, 4.69) is 15.5 Å². The van der Waals surface area contributed by atoms with Gasteiger partial charge >= 0.3 is 0 Å². The standard InChI is InChI=1S/C11H20N4O2/c1-11(2,3)8(12)6-9(16)13-5-4-10-14-7-15-17-10/h7-8H,4-6,12H2,1-3H3,(H,13,16). The Morgan fingerprint density at radius 3 is 2.82 bits per heavy atom. The smallest absolute Gasteiger partial charge is 0.228 e. The third-order valence-electron chi connectivity index (χ3n) is 2.59. The zero-order valence-electron chi connectivity index (χ0n) is 10.6. The van der Waals surface area contributed by atoms with E-state index in [1.54, 1.807) is 0 Å². The predicted octanol–water partition coefficient (Wildman–Crippen LogP) is 0.492. The Labute approximate surface area is 101 Å². The second kappa shape index (κ2) is 5.77. The van der Waals surface area contributed by atoms with Crippen LogP contribution < -0.4 is 11.1 Å². The van der Waals surface area contributed by atoms with E-state index in [9.17, 15) is 4.79 Å². The molecule has 17 heavy (non-hydrogen) atoms. The normalized spacial score (nSPS) is 13.4. The number of aromatic nitrogens is 2. The van der Waals surface area contributed by atoms with Crippen molar-refractivity contribution in [2.75, 3.05) is 6.54 Å². The van der Waals surface area contributed by atoms with Gasteiger partial charge in [0.05, 0.1) is 0 Å². The van der Waals surface area contributed by atoms with Crippen LogP contribution in [0.25, 0.3) is 0 Å². The first kappa shape index (κ1) is 13.6. The maximum Gasteiger partial charge on any atom is 0.228 e. The first-order valence-corrected chi connectivity index (χ1v) is 5.67. The fraction of sp³-hybridized carbons (Fsp3) is 0.727. The van der Waals surface area contributed by atoms with E-state index < -0.39 is 0 Å². The summed E-state index contributed by atoms with van der Waals surface area (Å²) < 4.78 is 4.81. The fourth-order valence-electron chi connectivity index (χ4n) is 1.19. The van der Waals surface area contributed by atoms with Crippen molar-refractivity contribution >= 4 is 5.91 Å². The summed E-state index contributed by atoms with van der Waals surface area (Å²) in [5.74, 6) is 0.470. The lowest BCUT2D eigenvalue weighted by Crippen LogP contribution is -2.40. The minimum absolute atomic E-state index is 0.0491. The maximum atomic E-state index is 11.6. The van der Waals surface area contributed by atoms with E-state index in [0.29, 0.717) is 25.3 Å². The Bertz CT molecular complexity index is 343. The first-order valence-electron chi connectivity index (χ1n) is 5.67. The van der Waals surface area contributed by atoms with Crippen LogP contribution in [0.1, 0.15) is 33.1 Å². The number of hydrogen-bond donors (Lipinski definition) is 2. The largest absolute Gasteiger partial charge is 0.356 e. The van der Waals surface area contributed by atoms with Crippen LogP contribution >= 0.6 is 0 Å². The van der Waals surface area contributed by atoms with Gasteiger partial charge in [0.1, 0.15) is 0 Å². The molecule has 1 aromatic heterocycles. The minimum atomic E-state index is -0.147. The van der Waals surface area contributed by atoms with Gasteiger partial charge in [-0.15, -0.1) is 0 Å². The molecule has 6 nitrogen and oxygen atoms in total. The molecule has 6 heteroatoms. The number of carbonyl (C=O) groups excluding carboxylic acids is 1. The lowest BCUT2D eigenvalue weighted by atomic mass is 9.85. The van der Waals surface area contributed by atoms with E-state index >= 15 is 0 Å². The second-order valence-corrected chi connectivity index (χ2v) is 5.11. The molecule has 0 saturated carbocycles. The van der Waals surface area contributed by atoms with E-state index in [4.69, 9.17) is 10.3 Å². The molecule has 96 valence electrons. The molecule has 0 radical (unpaired) electrons. The van der Waals surface area contributed by atoms with Crippen molar-refractivity contribution in [2.45, 2.75) is 39.7 Å². The van der Waals surface area contributed by atoms with Gasteiger partial charge in [0.25, 0.3) is 0 Å². The molecule has 0 spiro atoms. The van der Waals surface area contributed by atoms with Gasteiger partial charge in [-0.3, -0.25) is 4.79 Å². The van der Waals surface area contributed by atoms with Crippen LogP contribution in [0.4, 0.5) is 0 Å². The van der Waals surface area contributed by atoms with Crippen molar-refractivity contribution in [1.82, 2.24) is 15.5 Å². The van der Waals surface area contributed by atoms with E-state index in [-0.39, 0.29) is 17.4 Å². The van der Waals surface area contributed by atoms with Gasteiger partial charge in [0, 0.05) is 25.4 Å². The SMILES string of the molecule is CC(C)(C)C(N)CC(=O)NCCc1ncno1. The second-order valence-electron chi connectivity index (χ2n) is 5.11. The molecular weight excluding hydrogens is 220 g/mol. The van der Waals surface area contributed by atoms with Crippen LogP contribution in [-0.2, 0) is 11.2 Å². The predicted molar refractivity (Wildman–Crippen MR) is 63.1 cm³/mol. The van der Waals surface area contributed by atoms with Crippen LogP contribution in [0.3, 0.4) is 0 Å². The number of carbonyl (C=O) groups is 1. The number of amides is 1. The van der Waals surface area contributed by atoms with Gasteiger partial charge in [-0.1, -0.05) is 25.9 Å². The van der Waals surface area contributed by atoms with Crippen LogP contribution in [0.15, 0.2) is 10.9 Å². The third kappa shape index (κ3) is 4.95. The molecule has 3 N–H and O–H groups in total. The van der Waals surface area contributed by atoms with Crippen LogP contribution in [-0.4, -0.2) is 28.6 Å². The highest BCUT2D eigenvalue weighted by atomic mass is 16.5. The summed E-state index contributed by atoms with van der Waals surface area (Å²) in [7, 11) is 0. The molecule has 1 aromatic rings. The molecule has 0 aromatic carbocycles. The van der Waals surface area contributed by atoms with Crippen molar-refractivity contribution in [2.24, 2.45) is 11.1 Å². The molecule has 0 saturated heterocycles. The van der Waals surface area contributed by atoms with Crippen molar-refractivity contribution < 1.29 is 9.32 Å². The number of nitrogens with two attached hydrogens (primary N) is 1. The van der Waals surface area contributed by atoms with Crippen LogP contribution in [0, 0.1) is 5.41 Å².